The number of ether oxygens (including phenoxy) is 1. The van der Waals surface area contributed by atoms with Gasteiger partial charge in [-0.1, -0.05) is 25.7 Å². The van der Waals surface area contributed by atoms with E-state index < -0.39 is 0 Å². The van der Waals surface area contributed by atoms with E-state index in [-0.39, 0.29) is 0 Å². The molecule has 1 aliphatic carbocycles. The third-order valence-corrected chi connectivity index (χ3v) is 7.04. The Bertz CT molecular complexity index is 559. The lowest BCUT2D eigenvalue weighted by Crippen LogP contribution is -2.56. The van der Waals surface area contributed by atoms with Gasteiger partial charge in [-0.3, -0.25) is 9.80 Å². The van der Waals surface area contributed by atoms with Gasteiger partial charge in [0.15, 0.2) is 0 Å². The van der Waals surface area contributed by atoms with Crippen LogP contribution in [0.4, 0.5) is 5.69 Å². The molecule has 1 aromatic rings. The summed E-state index contributed by atoms with van der Waals surface area (Å²) < 4.78 is 5.29. The highest BCUT2D eigenvalue weighted by Crippen LogP contribution is 2.27. The number of likely N-dealkylation sites (tertiary alicyclic amines) is 1. The van der Waals surface area contributed by atoms with Crippen molar-refractivity contribution in [3.63, 3.8) is 0 Å². The van der Waals surface area contributed by atoms with Crippen molar-refractivity contribution in [2.75, 3.05) is 51.3 Å². The monoisotopic (exact) mass is 371 g/mol. The van der Waals surface area contributed by atoms with Gasteiger partial charge in [0.25, 0.3) is 0 Å². The van der Waals surface area contributed by atoms with Crippen LogP contribution in [-0.2, 0) is 0 Å². The fraction of sp³-hybridized carbons (Fsp3) is 0.739. The van der Waals surface area contributed by atoms with Crippen LogP contribution in [0.2, 0.25) is 0 Å². The minimum atomic E-state index is 0.778. The van der Waals surface area contributed by atoms with Gasteiger partial charge in [-0.15, -0.1) is 0 Å². The zero-order chi connectivity index (χ0) is 18.5. The van der Waals surface area contributed by atoms with E-state index in [9.17, 15) is 0 Å². The van der Waals surface area contributed by atoms with Crippen LogP contribution >= 0.6 is 0 Å². The second-order valence-corrected chi connectivity index (χ2v) is 8.66. The van der Waals surface area contributed by atoms with Gasteiger partial charge < -0.3 is 9.64 Å². The highest BCUT2D eigenvalue weighted by molar-refractivity contribution is 5.49. The van der Waals surface area contributed by atoms with Crippen LogP contribution < -0.4 is 9.64 Å². The first-order valence-corrected chi connectivity index (χ1v) is 11.2. The zero-order valence-corrected chi connectivity index (χ0v) is 17.1. The van der Waals surface area contributed by atoms with Crippen molar-refractivity contribution in [2.45, 2.75) is 63.5 Å². The lowest BCUT2D eigenvalue weighted by Gasteiger charge is -2.45. The summed E-state index contributed by atoms with van der Waals surface area (Å²) in [5.41, 5.74) is 1.33. The van der Waals surface area contributed by atoms with Crippen molar-refractivity contribution < 1.29 is 4.74 Å². The number of hydrogen-bond acceptors (Lipinski definition) is 4. The molecule has 0 amide bonds. The van der Waals surface area contributed by atoms with Gasteiger partial charge in [-0.2, -0.15) is 0 Å². The molecule has 4 heteroatoms. The molecule has 2 heterocycles. The highest BCUT2D eigenvalue weighted by atomic mass is 16.5. The second-order valence-electron chi connectivity index (χ2n) is 8.66. The van der Waals surface area contributed by atoms with Gasteiger partial charge in [0, 0.05) is 50.5 Å². The molecule has 3 fully saturated rings. The van der Waals surface area contributed by atoms with Crippen LogP contribution in [-0.4, -0.2) is 68.3 Å². The lowest BCUT2D eigenvalue weighted by molar-refractivity contribution is 0.0624. The quantitative estimate of drug-likeness (QED) is 0.745. The SMILES string of the molecule is COc1ccc(N2CCN([C@H]3CCCN(C4CCCCCC4)C3)CC2)cc1. The first kappa shape index (κ1) is 19.1. The molecule has 2 saturated heterocycles. The summed E-state index contributed by atoms with van der Waals surface area (Å²) in [5.74, 6) is 0.943. The topological polar surface area (TPSA) is 19.0 Å². The Morgan fingerprint density at radius 1 is 0.704 bits per heavy atom. The van der Waals surface area contributed by atoms with Crippen molar-refractivity contribution in [1.82, 2.24) is 9.80 Å². The van der Waals surface area contributed by atoms with E-state index in [1.807, 2.05) is 0 Å². The smallest absolute Gasteiger partial charge is 0.119 e. The molecule has 1 atom stereocenters. The normalized spacial score (nSPS) is 26.7. The van der Waals surface area contributed by atoms with Crippen LogP contribution in [0.3, 0.4) is 0 Å². The van der Waals surface area contributed by atoms with E-state index in [1.54, 1.807) is 7.11 Å². The predicted octanol–water partition coefficient (Wildman–Crippen LogP) is 4.00. The zero-order valence-electron chi connectivity index (χ0n) is 17.1. The first-order chi connectivity index (χ1) is 13.3. The van der Waals surface area contributed by atoms with Gasteiger partial charge in [0.1, 0.15) is 5.75 Å². The van der Waals surface area contributed by atoms with E-state index >= 15 is 0 Å². The fourth-order valence-corrected chi connectivity index (χ4v) is 5.37. The predicted molar refractivity (Wildman–Crippen MR) is 113 cm³/mol. The number of rotatable bonds is 4. The number of piperidine rings is 1. The van der Waals surface area contributed by atoms with Gasteiger partial charge in [0.2, 0.25) is 0 Å². The van der Waals surface area contributed by atoms with Crippen LogP contribution in [0.15, 0.2) is 24.3 Å². The molecule has 27 heavy (non-hydrogen) atoms. The van der Waals surface area contributed by atoms with Crippen LogP contribution in [0.1, 0.15) is 51.4 Å². The fourth-order valence-electron chi connectivity index (χ4n) is 5.37. The maximum Gasteiger partial charge on any atom is 0.119 e. The standard InChI is InChI=1S/C23H37N3O/c1-27-23-12-10-21(11-13-23)24-15-17-25(18-16-24)22-9-6-14-26(19-22)20-7-4-2-3-5-8-20/h10-13,20,22H,2-9,14-19H2,1H3/t22-/m0/s1. The second kappa shape index (κ2) is 9.29. The maximum atomic E-state index is 5.29. The van der Waals surface area contributed by atoms with Crippen molar-refractivity contribution in [3.8, 4) is 5.75 Å². The number of piperazine rings is 1. The van der Waals surface area contributed by atoms with Crippen molar-refractivity contribution in [1.29, 1.82) is 0 Å². The van der Waals surface area contributed by atoms with Gasteiger partial charge in [0.05, 0.1) is 7.11 Å². The van der Waals surface area contributed by atoms with Crippen LogP contribution in [0.25, 0.3) is 0 Å². The third kappa shape index (κ3) is 4.78. The third-order valence-electron chi connectivity index (χ3n) is 7.04. The van der Waals surface area contributed by atoms with E-state index in [1.165, 1.54) is 83.2 Å². The molecule has 3 aliphatic rings. The molecule has 4 nitrogen and oxygen atoms in total. The van der Waals surface area contributed by atoms with E-state index in [2.05, 4.69) is 39.0 Å². The molecule has 1 aromatic carbocycles. The summed E-state index contributed by atoms with van der Waals surface area (Å²) in [6, 6.07) is 10.2. The largest absolute Gasteiger partial charge is 0.497 e. The number of anilines is 1. The molecule has 1 saturated carbocycles. The minimum absolute atomic E-state index is 0.778. The summed E-state index contributed by atoms with van der Waals surface area (Å²) in [7, 11) is 1.73. The Hall–Kier alpha value is -1.26. The molecule has 2 aliphatic heterocycles. The molecule has 4 rings (SSSR count). The van der Waals surface area contributed by atoms with Crippen molar-refractivity contribution >= 4 is 5.69 Å². The summed E-state index contributed by atoms with van der Waals surface area (Å²) in [4.78, 5) is 8.17. The van der Waals surface area contributed by atoms with Crippen molar-refractivity contribution in [3.05, 3.63) is 24.3 Å². The molecule has 0 radical (unpaired) electrons. The summed E-state index contributed by atoms with van der Waals surface area (Å²) in [6.45, 7) is 7.35. The van der Waals surface area contributed by atoms with E-state index in [4.69, 9.17) is 4.74 Å². The summed E-state index contributed by atoms with van der Waals surface area (Å²) in [6.07, 6.45) is 11.5. The molecule has 0 N–H and O–H groups in total. The summed E-state index contributed by atoms with van der Waals surface area (Å²) in [5, 5.41) is 0. The molecule has 0 aromatic heterocycles. The van der Waals surface area contributed by atoms with Gasteiger partial charge in [-0.25, -0.2) is 0 Å². The Morgan fingerprint density at radius 3 is 2.04 bits per heavy atom. The Labute approximate surface area is 165 Å². The Balaban J connectivity index is 1.29. The van der Waals surface area contributed by atoms with Gasteiger partial charge in [-0.05, 0) is 56.5 Å². The van der Waals surface area contributed by atoms with Crippen LogP contribution in [0, 0.1) is 0 Å². The van der Waals surface area contributed by atoms with Crippen molar-refractivity contribution in [2.24, 2.45) is 0 Å². The molecule has 0 bridgehead atoms. The minimum Gasteiger partial charge on any atom is -0.497 e. The molecule has 0 unspecified atom stereocenters. The lowest BCUT2D eigenvalue weighted by atomic mass is 9.98. The first-order valence-electron chi connectivity index (χ1n) is 11.2. The van der Waals surface area contributed by atoms with Gasteiger partial charge >= 0.3 is 0 Å². The maximum absolute atomic E-state index is 5.29. The Kier molecular flexibility index (Phi) is 6.56. The Morgan fingerprint density at radius 2 is 1.37 bits per heavy atom. The number of nitrogens with zero attached hydrogens (tertiary/aromatic N) is 3. The molecule has 150 valence electrons. The molecular weight excluding hydrogens is 334 g/mol. The number of methoxy groups -OCH3 is 1. The van der Waals surface area contributed by atoms with E-state index in [0.717, 1.165) is 30.9 Å². The highest BCUT2D eigenvalue weighted by Gasteiger charge is 2.31. The average Bonchev–Trinajstić information content (AvgIpc) is 3.04. The molecule has 0 spiro atoms. The van der Waals surface area contributed by atoms with Crippen LogP contribution in [0.5, 0.6) is 5.75 Å². The molecular formula is C23H37N3O. The summed E-state index contributed by atoms with van der Waals surface area (Å²) >= 11 is 0. The number of benzene rings is 1. The average molecular weight is 372 g/mol. The number of hydrogen-bond donors (Lipinski definition) is 0. The van der Waals surface area contributed by atoms with E-state index in [0.29, 0.717) is 0 Å².